The largest absolute Gasteiger partial charge is 0.494 e. The van der Waals surface area contributed by atoms with Crippen molar-refractivity contribution in [2.75, 3.05) is 13.2 Å². The maximum atomic E-state index is 13.2. The van der Waals surface area contributed by atoms with Crippen molar-refractivity contribution in [1.82, 2.24) is 9.99 Å². The lowest BCUT2D eigenvalue weighted by Gasteiger charge is -2.24. The molecule has 36 heavy (non-hydrogen) atoms. The van der Waals surface area contributed by atoms with Crippen LogP contribution in [-0.2, 0) is 4.79 Å². The van der Waals surface area contributed by atoms with Crippen molar-refractivity contribution in [2.24, 2.45) is 5.10 Å². The zero-order valence-electron chi connectivity index (χ0n) is 19.4. The summed E-state index contributed by atoms with van der Waals surface area (Å²) in [5.41, 5.74) is 2.76. The molecule has 1 aliphatic heterocycles. The Morgan fingerprint density at radius 2 is 1.78 bits per heavy atom. The van der Waals surface area contributed by atoms with Crippen LogP contribution in [0.1, 0.15) is 12.5 Å². The first-order valence-electron chi connectivity index (χ1n) is 11.4. The van der Waals surface area contributed by atoms with Crippen LogP contribution >= 0.6 is 0 Å². The number of hydrazone groups is 1. The molecule has 1 amide bonds. The van der Waals surface area contributed by atoms with E-state index in [1.165, 1.54) is 10.8 Å². The first kappa shape index (κ1) is 23.0. The Bertz CT molecular complexity index is 1510. The van der Waals surface area contributed by atoms with Crippen molar-refractivity contribution in [3.63, 3.8) is 0 Å². The van der Waals surface area contributed by atoms with Crippen LogP contribution in [0.5, 0.6) is 23.1 Å². The Hall–Kier alpha value is -4.79. The second kappa shape index (κ2) is 9.83. The lowest BCUT2D eigenvalue weighted by molar-refractivity contribution is -0.130. The highest BCUT2D eigenvalue weighted by molar-refractivity contribution is 6.02. The van der Waals surface area contributed by atoms with Gasteiger partial charge < -0.3 is 19.3 Å². The third kappa shape index (κ3) is 4.34. The molecule has 2 heterocycles. The fourth-order valence-corrected chi connectivity index (χ4v) is 3.97. The van der Waals surface area contributed by atoms with Crippen molar-refractivity contribution in [3.05, 3.63) is 88.7 Å². The van der Waals surface area contributed by atoms with Gasteiger partial charge in [0.2, 0.25) is 12.0 Å². The minimum Gasteiger partial charge on any atom is -0.494 e. The lowest BCUT2D eigenvalue weighted by atomic mass is 10.1. The number of nitrogens with zero attached hydrogens (tertiary/aromatic N) is 2. The number of pyridine rings is 1. The number of nitrogens with one attached hydrogen (secondary N) is 1. The predicted molar refractivity (Wildman–Crippen MR) is 134 cm³/mol. The first-order chi connectivity index (χ1) is 17.6. The number of carbonyl (C=O) groups excluding carboxylic acids is 1. The van der Waals surface area contributed by atoms with E-state index in [0.717, 1.165) is 0 Å². The molecular weight excluding hydrogens is 462 g/mol. The van der Waals surface area contributed by atoms with E-state index in [4.69, 9.17) is 14.2 Å². The van der Waals surface area contributed by atoms with E-state index < -0.39 is 12.0 Å². The summed E-state index contributed by atoms with van der Waals surface area (Å²) in [5, 5.41) is 16.0. The van der Waals surface area contributed by atoms with Gasteiger partial charge in [-0.3, -0.25) is 9.59 Å². The Kier molecular flexibility index (Phi) is 6.27. The number of fused-ring (bicyclic) bond motifs is 2. The number of hydrogen-bond donors (Lipinski definition) is 2. The Labute approximate surface area is 206 Å². The molecule has 5 rings (SSSR count). The monoisotopic (exact) mass is 485 g/mol. The maximum Gasteiger partial charge on any atom is 0.284 e. The number of ether oxygens (including phenoxy) is 3. The van der Waals surface area contributed by atoms with Crippen LogP contribution in [0.3, 0.4) is 0 Å². The van der Waals surface area contributed by atoms with Gasteiger partial charge in [-0.15, -0.1) is 0 Å². The molecule has 0 saturated carbocycles. The molecule has 0 saturated heterocycles. The highest BCUT2D eigenvalue weighted by Gasteiger charge is 2.27. The minimum atomic E-state index is -0.889. The number of carbonyl (C=O) groups is 1. The topological polar surface area (TPSA) is 111 Å². The summed E-state index contributed by atoms with van der Waals surface area (Å²) >= 11 is 0. The molecule has 9 heteroatoms. The Morgan fingerprint density at radius 1 is 1.08 bits per heavy atom. The lowest BCUT2D eigenvalue weighted by Crippen LogP contribution is -2.42. The van der Waals surface area contributed by atoms with Crippen LogP contribution in [0.4, 0.5) is 0 Å². The van der Waals surface area contributed by atoms with Crippen LogP contribution in [0.2, 0.25) is 0 Å². The average molecular weight is 485 g/mol. The number of aromatic nitrogens is 1. The van der Waals surface area contributed by atoms with E-state index >= 15 is 0 Å². The second-order valence-electron chi connectivity index (χ2n) is 7.95. The molecule has 0 unspecified atom stereocenters. The highest BCUT2D eigenvalue weighted by atomic mass is 16.6. The quantitative estimate of drug-likeness (QED) is 0.320. The minimum absolute atomic E-state index is 0.0369. The van der Waals surface area contributed by atoms with Crippen LogP contribution in [0.15, 0.2) is 82.7 Å². The number of amides is 1. The maximum absolute atomic E-state index is 13.2. The van der Waals surface area contributed by atoms with Gasteiger partial charge in [0.25, 0.3) is 11.5 Å². The zero-order chi connectivity index (χ0) is 25.1. The summed E-state index contributed by atoms with van der Waals surface area (Å²) in [5.74, 6) is 0.865. The SMILES string of the molecule is CCOc1ccc(-n2c(O)c(/C=N/NC(=O)[C@H]3COc4ccccc4O3)c3ccccc3c2=O)cc1. The average Bonchev–Trinajstić information content (AvgIpc) is 2.91. The first-order valence-corrected chi connectivity index (χ1v) is 11.4. The van der Waals surface area contributed by atoms with Gasteiger partial charge in [-0.05, 0) is 49.4 Å². The summed E-state index contributed by atoms with van der Waals surface area (Å²) in [7, 11) is 0. The summed E-state index contributed by atoms with van der Waals surface area (Å²) < 4.78 is 17.9. The van der Waals surface area contributed by atoms with Gasteiger partial charge >= 0.3 is 0 Å². The molecule has 1 aromatic heterocycles. The van der Waals surface area contributed by atoms with E-state index in [2.05, 4.69) is 10.5 Å². The molecule has 4 aromatic rings. The fourth-order valence-electron chi connectivity index (χ4n) is 3.97. The molecule has 0 radical (unpaired) electrons. The molecule has 1 atom stereocenters. The molecule has 2 N–H and O–H groups in total. The second-order valence-corrected chi connectivity index (χ2v) is 7.95. The molecular formula is C27H23N3O6. The summed E-state index contributed by atoms with van der Waals surface area (Å²) in [6, 6.07) is 20.7. The number of para-hydroxylation sites is 2. The van der Waals surface area contributed by atoms with Gasteiger partial charge in [-0.1, -0.05) is 30.3 Å². The van der Waals surface area contributed by atoms with Gasteiger partial charge in [-0.25, -0.2) is 9.99 Å². The van der Waals surface area contributed by atoms with Crippen LogP contribution in [0.25, 0.3) is 16.5 Å². The van der Waals surface area contributed by atoms with Crippen molar-refractivity contribution >= 4 is 22.9 Å². The number of hydrogen-bond acceptors (Lipinski definition) is 7. The number of aromatic hydroxyl groups is 1. The van der Waals surface area contributed by atoms with Crippen molar-refractivity contribution < 1.29 is 24.1 Å². The normalized spacial score (nSPS) is 14.6. The van der Waals surface area contributed by atoms with Crippen LogP contribution in [-0.4, -0.2) is 41.1 Å². The molecule has 9 nitrogen and oxygen atoms in total. The summed E-state index contributed by atoms with van der Waals surface area (Å²) in [6.45, 7) is 2.43. The van der Waals surface area contributed by atoms with Crippen molar-refractivity contribution in [2.45, 2.75) is 13.0 Å². The van der Waals surface area contributed by atoms with E-state index in [9.17, 15) is 14.7 Å². The molecule has 0 fully saturated rings. The van der Waals surface area contributed by atoms with Crippen LogP contribution in [0, 0.1) is 0 Å². The van der Waals surface area contributed by atoms with E-state index in [0.29, 0.717) is 40.3 Å². The molecule has 0 bridgehead atoms. The third-order valence-corrected chi connectivity index (χ3v) is 5.68. The van der Waals surface area contributed by atoms with Crippen molar-refractivity contribution in [1.29, 1.82) is 0 Å². The van der Waals surface area contributed by atoms with Crippen molar-refractivity contribution in [3.8, 4) is 28.8 Å². The van der Waals surface area contributed by atoms with Crippen LogP contribution < -0.4 is 25.2 Å². The standard InChI is InChI=1S/C27H23N3O6/c1-2-34-18-13-11-17(12-14-18)30-26(32)20-8-4-3-7-19(20)21(27(30)33)15-28-29-25(31)24-16-35-22-9-5-6-10-23(22)36-24/h3-15,24,33H,2,16H2,1H3,(H,29,31)/b28-15+/t24-/m1/s1. The molecule has 0 aliphatic carbocycles. The summed E-state index contributed by atoms with van der Waals surface area (Å²) in [6.07, 6.45) is 0.415. The van der Waals surface area contributed by atoms with Gasteiger partial charge in [0.05, 0.1) is 24.1 Å². The third-order valence-electron chi connectivity index (χ3n) is 5.68. The number of benzene rings is 3. The van der Waals surface area contributed by atoms with Gasteiger partial charge in [0, 0.05) is 10.8 Å². The Balaban J connectivity index is 1.45. The molecule has 0 spiro atoms. The zero-order valence-corrected chi connectivity index (χ0v) is 19.4. The van der Waals surface area contributed by atoms with E-state index in [1.54, 1.807) is 66.7 Å². The van der Waals surface area contributed by atoms with Gasteiger partial charge in [-0.2, -0.15) is 5.10 Å². The molecule has 3 aromatic carbocycles. The number of rotatable bonds is 6. The predicted octanol–water partition coefficient (Wildman–Crippen LogP) is 3.39. The smallest absolute Gasteiger partial charge is 0.284 e. The highest BCUT2D eigenvalue weighted by Crippen LogP contribution is 2.31. The summed E-state index contributed by atoms with van der Waals surface area (Å²) in [4.78, 5) is 25.8. The van der Waals surface area contributed by atoms with Gasteiger partial charge in [0.1, 0.15) is 12.4 Å². The van der Waals surface area contributed by atoms with E-state index in [-0.39, 0.29) is 23.6 Å². The van der Waals surface area contributed by atoms with Gasteiger partial charge in [0.15, 0.2) is 11.5 Å². The fraction of sp³-hybridized carbons (Fsp3) is 0.148. The molecule has 182 valence electrons. The molecule has 1 aliphatic rings. The van der Waals surface area contributed by atoms with E-state index in [1.807, 2.05) is 13.0 Å². The Morgan fingerprint density at radius 3 is 2.53 bits per heavy atom.